The lowest BCUT2D eigenvalue weighted by atomic mass is 10.1. The van der Waals surface area contributed by atoms with Crippen molar-refractivity contribution in [3.8, 4) is 0 Å². The van der Waals surface area contributed by atoms with E-state index in [1.807, 2.05) is 6.07 Å². The van der Waals surface area contributed by atoms with Gasteiger partial charge in [0.1, 0.15) is 0 Å². The zero-order valence-corrected chi connectivity index (χ0v) is 15.6. The quantitative estimate of drug-likeness (QED) is 0.847. The molecule has 0 radical (unpaired) electrons. The Morgan fingerprint density at radius 3 is 2.56 bits per heavy atom. The molecule has 0 saturated carbocycles. The number of rotatable bonds is 2. The molecule has 136 valence electrons. The molecule has 1 saturated heterocycles. The van der Waals surface area contributed by atoms with Crippen molar-refractivity contribution in [2.45, 2.75) is 25.8 Å². The van der Waals surface area contributed by atoms with Crippen molar-refractivity contribution in [3.63, 3.8) is 0 Å². The molecule has 3 amide bonds. The van der Waals surface area contributed by atoms with Gasteiger partial charge in [-0.3, -0.25) is 0 Å². The fourth-order valence-electron chi connectivity index (χ4n) is 3.33. The van der Waals surface area contributed by atoms with Crippen LogP contribution < -0.4 is 5.32 Å². The van der Waals surface area contributed by atoms with Gasteiger partial charge < -0.3 is 19.9 Å². The summed E-state index contributed by atoms with van der Waals surface area (Å²) in [7, 11) is 0. The lowest BCUT2D eigenvalue weighted by Gasteiger charge is -2.34. The first-order chi connectivity index (χ1) is 12.0. The van der Waals surface area contributed by atoms with Gasteiger partial charge in [-0.15, -0.1) is 0 Å². The molecule has 6 nitrogen and oxygen atoms in total. The molecule has 1 N–H and O–H groups in total. The molecule has 2 aliphatic rings. The van der Waals surface area contributed by atoms with Gasteiger partial charge in [0.2, 0.25) is 0 Å². The minimum Gasteiger partial charge on any atom is -0.450 e. The molecule has 1 aromatic rings. The number of amides is 3. The molecule has 1 fully saturated rings. The average Bonchev–Trinajstić information content (AvgIpc) is 3.02. The van der Waals surface area contributed by atoms with Crippen LogP contribution in [0.5, 0.6) is 0 Å². The van der Waals surface area contributed by atoms with E-state index in [0.717, 1.165) is 24.0 Å². The predicted octanol–water partition coefficient (Wildman–Crippen LogP) is 3.46. The first kappa shape index (κ1) is 18.1. The third-order valence-electron chi connectivity index (χ3n) is 4.68. The monoisotopic (exact) mass is 385 g/mol. The second-order valence-electron chi connectivity index (χ2n) is 6.14. The van der Waals surface area contributed by atoms with Crippen molar-refractivity contribution in [2.24, 2.45) is 0 Å². The second kappa shape index (κ2) is 7.70. The van der Waals surface area contributed by atoms with E-state index in [1.54, 1.807) is 22.8 Å². The first-order valence-corrected chi connectivity index (χ1v) is 9.20. The highest BCUT2D eigenvalue weighted by atomic mass is 35.5. The summed E-state index contributed by atoms with van der Waals surface area (Å²) in [6.45, 7) is 4.08. The lowest BCUT2D eigenvalue weighted by molar-refractivity contribution is 0.0848. The molecule has 1 aromatic carbocycles. The number of piperazine rings is 1. The molecule has 3 rings (SSSR count). The van der Waals surface area contributed by atoms with E-state index in [4.69, 9.17) is 27.9 Å². The zero-order valence-electron chi connectivity index (χ0n) is 14.1. The van der Waals surface area contributed by atoms with E-state index in [1.165, 1.54) is 0 Å². The summed E-state index contributed by atoms with van der Waals surface area (Å²) < 4.78 is 4.99. The highest BCUT2D eigenvalue weighted by molar-refractivity contribution is 6.42. The summed E-state index contributed by atoms with van der Waals surface area (Å²) in [4.78, 5) is 27.6. The minimum absolute atomic E-state index is 0.0552. The maximum absolute atomic E-state index is 12.5. The fraction of sp³-hybridized carbons (Fsp3) is 0.529. The number of ether oxygens (including phenoxy) is 1. The molecule has 1 aliphatic heterocycles. The molecule has 1 aliphatic carbocycles. The van der Waals surface area contributed by atoms with E-state index in [9.17, 15) is 9.59 Å². The van der Waals surface area contributed by atoms with Gasteiger partial charge in [0.05, 0.1) is 22.7 Å². The Morgan fingerprint density at radius 1 is 1.20 bits per heavy atom. The summed E-state index contributed by atoms with van der Waals surface area (Å²) in [5, 5.41) is 4.20. The summed E-state index contributed by atoms with van der Waals surface area (Å²) in [5.74, 6) is 0. The molecule has 25 heavy (non-hydrogen) atoms. The van der Waals surface area contributed by atoms with E-state index >= 15 is 0 Å². The molecule has 0 spiro atoms. The van der Waals surface area contributed by atoms with Crippen LogP contribution >= 0.6 is 23.2 Å². The number of hydrogen-bond donors (Lipinski definition) is 1. The molecule has 1 unspecified atom stereocenters. The third kappa shape index (κ3) is 3.80. The Labute approximate surface area is 157 Å². The summed E-state index contributed by atoms with van der Waals surface area (Å²) in [5.41, 5.74) is 2.06. The van der Waals surface area contributed by atoms with Gasteiger partial charge in [0.15, 0.2) is 0 Å². The number of halogens is 2. The van der Waals surface area contributed by atoms with Crippen molar-refractivity contribution in [2.75, 3.05) is 32.8 Å². The van der Waals surface area contributed by atoms with Gasteiger partial charge in [0, 0.05) is 26.2 Å². The summed E-state index contributed by atoms with van der Waals surface area (Å²) in [6.07, 6.45) is 1.29. The van der Waals surface area contributed by atoms with Gasteiger partial charge in [-0.05, 0) is 37.0 Å². The van der Waals surface area contributed by atoms with Crippen molar-refractivity contribution < 1.29 is 14.3 Å². The molecule has 1 atom stereocenters. The van der Waals surface area contributed by atoms with Crippen LogP contribution in [-0.4, -0.2) is 54.7 Å². The van der Waals surface area contributed by atoms with Crippen molar-refractivity contribution in [3.05, 3.63) is 33.3 Å². The Bertz CT molecular complexity index is 675. The van der Waals surface area contributed by atoms with Crippen LogP contribution in [-0.2, 0) is 11.2 Å². The van der Waals surface area contributed by atoms with E-state index in [0.29, 0.717) is 42.8 Å². The molecule has 1 heterocycles. The Hall–Kier alpha value is -1.66. The van der Waals surface area contributed by atoms with Crippen LogP contribution in [0, 0.1) is 0 Å². The summed E-state index contributed by atoms with van der Waals surface area (Å²) in [6, 6.07) is 3.53. The van der Waals surface area contributed by atoms with Crippen LogP contribution in [0.3, 0.4) is 0 Å². The van der Waals surface area contributed by atoms with Crippen molar-refractivity contribution in [1.82, 2.24) is 15.1 Å². The molecule has 0 bridgehead atoms. The number of urea groups is 1. The number of nitrogens with one attached hydrogen (secondary N) is 1. The zero-order chi connectivity index (χ0) is 18.0. The Kier molecular flexibility index (Phi) is 5.59. The van der Waals surface area contributed by atoms with Gasteiger partial charge in [-0.1, -0.05) is 29.3 Å². The maximum Gasteiger partial charge on any atom is 0.409 e. The Balaban J connectivity index is 1.57. The van der Waals surface area contributed by atoms with Crippen LogP contribution in [0.15, 0.2) is 12.1 Å². The molecule has 8 heteroatoms. The first-order valence-electron chi connectivity index (χ1n) is 8.45. The van der Waals surface area contributed by atoms with Crippen LogP contribution in [0.1, 0.15) is 30.5 Å². The minimum atomic E-state index is -0.321. The predicted molar refractivity (Wildman–Crippen MR) is 96.2 cm³/mol. The largest absolute Gasteiger partial charge is 0.450 e. The number of benzene rings is 1. The molecular formula is C17H21Cl2N3O3. The van der Waals surface area contributed by atoms with Crippen LogP contribution in [0.4, 0.5) is 9.59 Å². The highest BCUT2D eigenvalue weighted by Gasteiger charge is 2.30. The van der Waals surface area contributed by atoms with Gasteiger partial charge in [-0.2, -0.15) is 0 Å². The average molecular weight is 386 g/mol. The SMILES string of the molecule is CCOC(=O)N1CCN(C(=O)NC2CCc3c2ccc(Cl)c3Cl)CC1. The number of fused-ring (bicyclic) bond motifs is 1. The van der Waals surface area contributed by atoms with E-state index in [2.05, 4.69) is 5.32 Å². The van der Waals surface area contributed by atoms with Crippen LogP contribution in [0.25, 0.3) is 0 Å². The third-order valence-corrected chi connectivity index (χ3v) is 5.52. The van der Waals surface area contributed by atoms with Crippen LogP contribution in [0.2, 0.25) is 10.0 Å². The topological polar surface area (TPSA) is 61.9 Å². The fourth-order valence-corrected chi connectivity index (χ4v) is 3.77. The Morgan fingerprint density at radius 2 is 1.88 bits per heavy atom. The molecular weight excluding hydrogens is 365 g/mol. The number of nitrogens with zero attached hydrogens (tertiary/aromatic N) is 2. The van der Waals surface area contributed by atoms with Crippen molar-refractivity contribution >= 4 is 35.3 Å². The smallest absolute Gasteiger partial charge is 0.409 e. The van der Waals surface area contributed by atoms with Gasteiger partial charge in [0.25, 0.3) is 0 Å². The van der Waals surface area contributed by atoms with E-state index < -0.39 is 0 Å². The summed E-state index contributed by atoms with van der Waals surface area (Å²) >= 11 is 12.3. The number of hydrogen-bond acceptors (Lipinski definition) is 3. The maximum atomic E-state index is 12.5. The lowest BCUT2D eigenvalue weighted by Crippen LogP contribution is -2.53. The van der Waals surface area contributed by atoms with Gasteiger partial charge >= 0.3 is 12.1 Å². The van der Waals surface area contributed by atoms with Crippen molar-refractivity contribution in [1.29, 1.82) is 0 Å². The second-order valence-corrected chi connectivity index (χ2v) is 6.93. The highest BCUT2D eigenvalue weighted by Crippen LogP contribution is 2.39. The van der Waals surface area contributed by atoms with Gasteiger partial charge in [-0.25, -0.2) is 9.59 Å². The number of carbonyl (C=O) groups is 2. The standard InChI is InChI=1S/C17H21Cl2N3O3/c1-2-25-17(24)22-9-7-21(8-10-22)16(23)20-14-6-4-12-11(14)3-5-13(18)15(12)19/h3,5,14H,2,4,6-10H2,1H3,(H,20,23). The normalized spacial score (nSPS) is 19.6. The molecule has 0 aromatic heterocycles. The van der Waals surface area contributed by atoms with E-state index in [-0.39, 0.29) is 18.2 Å². The number of carbonyl (C=O) groups excluding carboxylic acids is 2.